The van der Waals surface area contributed by atoms with E-state index in [0.29, 0.717) is 0 Å². The molecule has 0 radical (unpaired) electrons. The van der Waals surface area contributed by atoms with Crippen LogP contribution in [0, 0.1) is 5.41 Å². The maximum Gasteiger partial charge on any atom is 0.410 e. The number of carbonyl (C=O) groups is 1. The average molecular weight is 243 g/mol. The summed E-state index contributed by atoms with van der Waals surface area (Å²) in [5, 5.41) is 0. The van der Waals surface area contributed by atoms with Crippen LogP contribution in [-0.2, 0) is 4.74 Å². The normalized spacial score (nSPS) is 14.4. The molecule has 0 aliphatic carbocycles. The van der Waals surface area contributed by atoms with Crippen molar-refractivity contribution >= 4 is 6.09 Å². The summed E-state index contributed by atoms with van der Waals surface area (Å²) in [5.41, 5.74) is -0.206. The molecule has 0 unspecified atom stereocenters. The van der Waals surface area contributed by atoms with Gasteiger partial charge < -0.3 is 9.64 Å². The highest BCUT2D eigenvalue weighted by molar-refractivity contribution is 5.68. The number of hydrogen-bond acceptors (Lipinski definition) is 2. The van der Waals surface area contributed by atoms with Gasteiger partial charge in [-0.05, 0) is 39.0 Å². The topological polar surface area (TPSA) is 29.5 Å². The number of rotatable bonds is 3. The van der Waals surface area contributed by atoms with E-state index in [0.717, 1.165) is 12.8 Å². The molecular formula is C14H29NO2. The highest BCUT2D eigenvalue weighted by atomic mass is 16.6. The van der Waals surface area contributed by atoms with Crippen LogP contribution in [0.3, 0.4) is 0 Å². The molecule has 0 aliphatic rings. The van der Waals surface area contributed by atoms with Crippen molar-refractivity contribution in [3.8, 4) is 0 Å². The summed E-state index contributed by atoms with van der Waals surface area (Å²) in [4.78, 5) is 13.7. The van der Waals surface area contributed by atoms with Crippen molar-refractivity contribution < 1.29 is 9.53 Å². The third-order valence-electron chi connectivity index (χ3n) is 2.55. The highest BCUT2D eigenvalue weighted by Crippen LogP contribution is 2.25. The van der Waals surface area contributed by atoms with Gasteiger partial charge in [-0.1, -0.05) is 27.7 Å². The van der Waals surface area contributed by atoms with Gasteiger partial charge in [0.1, 0.15) is 5.60 Å². The molecule has 0 bridgehead atoms. The van der Waals surface area contributed by atoms with Gasteiger partial charge in [-0.25, -0.2) is 4.79 Å². The second-order valence-electron chi connectivity index (χ2n) is 6.92. The molecule has 102 valence electrons. The Bertz CT molecular complexity index is 248. The van der Waals surface area contributed by atoms with E-state index in [4.69, 9.17) is 4.74 Å². The number of carbonyl (C=O) groups excluding carboxylic acids is 1. The summed E-state index contributed by atoms with van der Waals surface area (Å²) in [6.07, 6.45) is 1.71. The van der Waals surface area contributed by atoms with Gasteiger partial charge in [0.2, 0.25) is 0 Å². The molecule has 0 saturated carbocycles. The molecule has 3 heteroatoms. The largest absolute Gasteiger partial charge is 0.444 e. The lowest BCUT2D eigenvalue weighted by Gasteiger charge is -2.33. The lowest BCUT2D eigenvalue weighted by Crippen LogP contribution is -2.42. The van der Waals surface area contributed by atoms with Crippen LogP contribution in [0.4, 0.5) is 4.79 Å². The second-order valence-corrected chi connectivity index (χ2v) is 6.92. The van der Waals surface area contributed by atoms with E-state index in [9.17, 15) is 4.79 Å². The fourth-order valence-electron chi connectivity index (χ4n) is 1.75. The van der Waals surface area contributed by atoms with Crippen molar-refractivity contribution in [3.63, 3.8) is 0 Å². The molecule has 0 aromatic carbocycles. The second kappa shape index (κ2) is 5.74. The fraction of sp³-hybridized carbons (Fsp3) is 0.929. The van der Waals surface area contributed by atoms with Crippen LogP contribution in [0.15, 0.2) is 0 Å². The monoisotopic (exact) mass is 243 g/mol. The molecule has 0 saturated heterocycles. The Morgan fingerprint density at radius 2 is 1.65 bits per heavy atom. The summed E-state index contributed by atoms with van der Waals surface area (Å²) in [6, 6.07) is 0.241. The zero-order valence-corrected chi connectivity index (χ0v) is 12.8. The van der Waals surface area contributed by atoms with Gasteiger partial charge >= 0.3 is 6.09 Å². The van der Waals surface area contributed by atoms with Crippen LogP contribution in [0.2, 0.25) is 0 Å². The van der Waals surface area contributed by atoms with Crippen molar-refractivity contribution in [2.24, 2.45) is 5.41 Å². The third-order valence-corrected chi connectivity index (χ3v) is 2.55. The van der Waals surface area contributed by atoms with Gasteiger partial charge in [0.25, 0.3) is 0 Å². The molecule has 0 heterocycles. The van der Waals surface area contributed by atoms with Crippen molar-refractivity contribution in [1.82, 2.24) is 4.90 Å². The van der Waals surface area contributed by atoms with Gasteiger partial charge in [0, 0.05) is 13.1 Å². The van der Waals surface area contributed by atoms with Crippen LogP contribution in [0.5, 0.6) is 0 Å². The van der Waals surface area contributed by atoms with Gasteiger partial charge in [-0.2, -0.15) is 0 Å². The lowest BCUT2D eigenvalue weighted by atomic mass is 9.87. The molecule has 0 aromatic rings. The van der Waals surface area contributed by atoms with Gasteiger partial charge in [0.15, 0.2) is 0 Å². The van der Waals surface area contributed by atoms with Crippen LogP contribution in [-0.4, -0.2) is 29.7 Å². The Labute approximate surface area is 107 Å². The van der Waals surface area contributed by atoms with Crippen LogP contribution in [0.25, 0.3) is 0 Å². The molecule has 0 aromatic heterocycles. The van der Waals surface area contributed by atoms with Crippen molar-refractivity contribution in [2.45, 2.75) is 73.0 Å². The predicted molar refractivity (Wildman–Crippen MR) is 72.1 cm³/mol. The van der Waals surface area contributed by atoms with E-state index in [1.165, 1.54) is 0 Å². The minimum atomic E-state index is -0.425. The van der Waals surface area contributed by atoms with E-state index >= 15 is 0 Å². The van der Waals surface area contributed by atoms with Crippen molar-refractivity contribution in [1.29, 1.82) is 0 Å². The predicted octanol–water partition coefficient (Wildman–Crippen LogP) is 4.07. The van der Waals surface area contributed by atoms with Crippen LogP contribution >= 0.6 is 0 Å². The molecule has 0 N–H and O–H groups in total. The van der Waals surface area contributed by atoms with E-state index in [1.54, 1.807) is 4.90 Å². The van der Waals surface area contributed by atoms with E-state index < -0.39 is 5.60 Å². The molecule has 1 atom stereocenters. The Balaban J connectivity index is 4.54. The number of nitrogens with zero attached hydrogens (tertiary/aromatic N) is 1. The molecule has 17 heavy (non-hydrogen) atoms. The zero-order chi connectivity index (χ0) is 13.9. The molecule has 0 rings (SSSR count). The maximum atomic E-state index is 11.9. The third kappa shape index (κ3) is 7.24. The first-order valence-electron chi connectivity index (χ1n) is 6.42. The average Bonchev–Trinajstić information content (AvgIpc) is 2.08. The SMILES string of the molecule is CC[C@H](CC(C)(C)C)N(C)C(=O)OC(C)(C)C. The molecule has 0 aliphatic heterocycles. The standard InChI is InChI=1S/C14H29NO2/c1-9-11(10-13(2,3)4)15(8)12(16)17-14(5,6)7/h11H,9-10H2,1-8H3/t11-/m1/s1. The summed E-state index contributed by atoms with van der Waals surface area (Å²) in [7, 11) is 1.83. The maximum absolute atomic E-state index is 11.9. The Morgan fingerprint density at radius 1 is 1.18 bits per heavy atom. The lowest BCUT2D eigenvalue weighted by molar-refractivity contribution is 0.0182. The summed E-state index contributed by atoms with van der Waals surface area (Å²) >= 11 is 0. The summed E-state index contributed by atoms with van der Waals surface area (Å²) in [5.74, 6) is 0. The first-order chi connectivity index (χ1) is 7.46. The van der Waals surface area contributed by atoms with Crippen molar-refractivity contribution in [2.75, 3.05) is 7.05 Å². The van der Waals surface area contributed by atoms with E-state index in [1.807, 2.05) is 27.8 Å². The smallest absolute Gasteiger partial charge is 0.410 e. The summed E-state index contributed by atoms with van der Waals surface area (Å²) < 4.78 is 5.38. The molecule has 0 fully saturated rings. The first-order valence-corrected chi connectivity index (χ1v) is 6.42. The van der Waals surface area contributed by atoms with Crippen LogP contribution in [0.1, 0.15) is 61.3 Å². The summed E-state index contributed by atoms with van der Waals surface area (Å²) in [6.45, 7) is 14.4. The fourth-order valence-corrected chi connectivity index (χ4v) is 1.75. The Morgan fingerprint density at radius 3 is 1.94 bits per heavy atom. The molecular weight excluding hydrogens is 214 g/mol. The molecule has 1 amide bonds. The molecule has 3 nitrogen and oxygen atoms in total. The van der Waals surface area contributed by atoms with Gasteiger partial charge in [-0.3, -0.25) is 0 Å². The minimum Gasteiger partial charge on any atom is -0.444 e. The van der Waals surface area contributed by atoms with E-state index in [2.05, 4.69) is 27.7 Å². The zero-order valence-electron chi connectivity index (χ0n) is 12.8. The minimum absolute atomic E-state index is 0.219. The number of amides is 1. The van der Waals surface area contributed by atoms with Gasteiger partial charge in [0.05, 0.1) is 0 Å². The first kappa shape index (κ1) is 16.3. The Kier molecular flexibility index (Phi) is 5.50. The van der Waals surface area contributed by atoms with Crippen LogP contribution < -0.4 is 0 Å². The Hall–Kier alpha value is -0.730. The molecule has 0 spiro atoms. The number of hydrogen-bond donors (Lipinski definition) is 0. The number of ether oxygens (including phenoxy) is 1. The van der Waals surface area contributed by atoms with Gasteiger partial charge in [-0.15, -0.1) is 0 Å². The van der Waals surface area contributed by atoms with E-state index in [-0.39, 0.29) is 17.6 Å². The highest BCUT2D eigenvalue weighted by Gasteiger charge is 2.27. The van der Waals surface area contributed by atoms with Crippen molar-refractivity contribution in [3.05, 3.63) is 0 Å². The quantitative estimate of drug-likeness (QED) is 0.748.